The Morgan fingerprint density at radius 3 is 3.06 bits per heavy atom. The summed E-state index contributed by atoms with van der Waals surface area (Å²) in [7, 11) is 0. The predicted octanol–water partition coefficient (Wildman–Crippen LogP) is 1.31. The van der Waals surface area contributed by atoms with Gasteiger partial charge in [-0.25, -0.2) is 4.39 Å². The van der Waals surface area contributed by atoms with Crippen molar-refractivity contribution in [3.63, 3.8) is 0 Å². The zero-order chi connectivity index (χ0) is 13.1. The quantitative estimate of drug-likeness (QED) is 0.764. The molecule has 0 saturated carbocycles. The molecule has 1 atom stereocenters. The van der Waals surface area contributed by atoms with Crippen molar-refractivity contribution in [1.82, 2.24) is 10.3 Å². The molecule has 0 spiro atoms. The van der Waals surface area contributed by atoms with Gasteiger partial charge >= 0.3 is 0 Å². The minimum Gasteiger partial charge on any atom is -0.361 e. The van der Waals surface area contributed by atoms with Gasteiger partial charge in [-0.1, -0.05) is 0 Å². The Kier molecular flexibility index (Phi) is 3.62. The van der Waals surface area contributed by atoms with E-state index in [2.05, 4.69) is 10.3 Å². The number of benzene rings is 1. The van der Waals surface area contributed by atoms with Gasteiger partial charge in [-0.3, -0.25) is 4.79 Å². The van der Waals surface area contributed by atoms with Gasteiger partial charge in [0.05, 0.1) is 6.42 Å². The maximum Gasteiger partial charge on any atom is 0.224 e. The lowest BCUT2D eigenvalue weighted by Crippen LogP contribution is -2.38. The molecule has 5 heteroatoms. The van der Waals surface area contributed by atoms with Crippen LogP contribution in [0.4, 0.5) is 4.39 Å². The van der Waals surface area contributed by atoms with Crippen LogP contribution in [0.1, 0.15) is 12.5 Å². The largest absolute Gasteiger partial charge is 0.361 e. The summed E-state index contributed by atoms with van der Waals surface area (Å²) in [4.78, 5) is 14.7. The van der Waals surface area contributed by atoms with Crippen LogP contribution in [0, 0.1) is 5.82 Å². The van der Waals surface area contributed by atoms with Gasteiger partial charge in [-0.05, 0) is 30.7 Å². The lowest BCUT2D eigenvalue weighted by atomic mass is 10.1. The second kappa shape index (κ2) is 5.18. The number of aromatic amines is 1. The SMILES string of the molecule is CC(CN)NC(=O)Cc1c[nH]c2cc(F)ccc12. The first-order chi connectivity index (χ1) is 8.60. The summed E-state index contributed by atoms with van der Waals surface area (Å²) < 4.78 is 13.0. The van der Waals surface area contributed by atoms with Crippen LogP contribution in [0.25, 0.3) is 10.9 Å². The van der Waals surface area contributed by atoms with Crippen LogP contribution in [-0.2, 0) is 11.2 Å². The first-order valence-electron chi connectivity index (χ1n) is 5.85. The lowest BCUT2D eigenvalue weighted by Gasteiger charge is -2.10. The summed E-state index contributed by atoms with van der Waals surface area (Å²) in [6.45, 7) is 2.26. The topological polar surface area (TPSA) is 70.9 Å². The minimum atomic E-state index is -0.294. The highest BCUT2D eigenvalue weighted by Gasteiger charge is 2.10. The van der Waals surface area contributed by atoms with Crippen molar-refractivity contribution in [2.45, 2.75) is 19.4 Å². The summed E-state index contributed by atoms with van der Waals surface area (Å²) >= 11 is 0. The Morgan fingerprint density at radius 2 is 2.33 bits per heavy atom. The van der Waals surface area contributed by atoms with Crippen LogP contribution >= 0.6 is 0 Å². The Morgan fingerprint density at radius 1 is 1.56 bits per heavy atom. The van der Waals surface area contributed by atoms with Gasteiger partial charge in [-0.15, -0.1) is 0 Å². The van der Waals surface area contributed by atoms with Gasteiger partial charge in [0.1, 0.15) is 5.82 Å². The third kappa shape index (κ3) is 2.68. The first-order valence-corrected chi connectivity index (χ1v) is 5.85. The van der Waals surface area contributed by atoms with E-state index in [9.17, 15) is 9.18 Å². The molecule has 0 bridgehead atoms. The second-order valence-corrected chi connectivity index (χ2v) is 4.38. The van der Waals surface area contributed by atoms with Crippen LogP contribution in [0.5, 0.6) is 0 Å². The molecule has 0 aliphatic carbocycles. The van der Waals surface area contributed by atoms with Crippen molar-refractivity contribution in [1.29, 1.82) is 0 Å². The van der Waals surface area contributed by atoms with Gasteiger partial charge < -0.3 is 16.0 Å². The van der Waals surface area contributed by atoms with Crippen LogP contribution in [0.2, 0.25) is 0 Å². The van der Waals surface area contributed by atoms with Gasteiger partial charge in [0.15, 0.2) is 0 Å². The zero-order valence-corrected chi connectivity index (χ0v) is 10.2. The first kappa shape index (κ1) is 12.6. The number of fused-ring (bicyclic) bond motifs is 1. The van der Waals surface area contributed by atoms with Crippen molar-refractivity contribution >= 4 is 16.8 Å². The fourth-order valence-corrected chi connectivity index (χ4v) is 1.86. The fourth-order valence-electron chi connectivity index (χ4n) is 1.86. The average molecular weight is 249 g/mol. The molecule has 0 radical (unpaired) electrons. The number of aromatic nitrogens is 1. The maximum atomic E-state index is 13.0. The molecule has 1 heterocycles. The molecule has 0 aliphatic heterocycles. The molecule has 0 aliphatic rings. The summed E-state index contributed by atoms with van der Waals surface area (Å²) in [6.07, 6.45) is 1.99. The van der Waals surface area contributed by atoms with Crippen molar-refractivity contribution in [3.05, 3.63) is 35.8 Å². The molecule has 2 rings (SSSR count). The summed E-state index contributed by atoms with van der Waals surface area (Å²) in [5, 5.41) is 3.66. The van der Waals surface area contributed by atoms with E-state index < -0.39 is 0 Å². The Labute approximate surface area is 104 Å². The number of carbonyl (C=O) groups excluding carboxylic acids is 1. The summed E-state index contributed by atoms with van der Waals surface area (Å²) in [5.74, 6) is -0.379. The van der Waals surface area contributed by atoms with Crippen LogP contribution in [0.15, 0.2) is 24.4 Å². The van der Waals surface area contributed by atoms with Crippen molar-refractivity contribution in [2.24, 2.45) is 5.73 Å². The Hall–Kier alpha value is -1.88. The molecule has 2 aromatic rings. The van der Waals surface area contributed by atoms with Gasteiger partial charge in [0.2, 0.25) is 5.91 Å². The monoisotopic (exact) mass is 249 g/mol. The number of rotatable bonds is 4. The van der Waals surface area contributed by atoms with E-state index >= 15 is 0 Å². The lowest BCUT2D eigenvalue weighted by molar-refractivity contribution is -0.120. The molecule has 18 heavy (non-hydrogen) atoms. The number of hydrogen-bond donors (Lipinski definition) is 3. The minimum absolute atomic E-state index is 0.0415. The molecular formula is C13H16FN3O. The maximum absolute atomic E-state index is 13.0. The van der Waals surface area contributed by atoms with Crippen LogP contribution in [-0.4, -0.2) is 23.5 Å². The normalized spacial score (nSPS) is 12.6. The third-order valence-corrected chi connectivity index (χ3v) is 2.84. The van der Waals surface area contributed by atoms with E-state index in [1.165, 1.54) is 12.1 Å². The number of amides is 1. The second-order valence-electron chi connectivity index (χ2n) is 4.38. The van der Waals surface area contributed by atoms with Gasteiger partial charge in [0, 0.05) is 29.7 Å². The summed E-state index contributed by atoms with van der Waals surface area (Å²) in [6, 6.07) is 4.44. The molecule has 1 aromatic heterocycles. The standard InChI is InChI=1S/C13H16FN3O/c1-8(6-15)17-13(18)4-9-7-16-12-5-10(14)2-3-11(9)12/h2-3,5,7-8,16H,4,6,15H2,1H3,(H,17,18). The van der Waals surface area contributed by atoms with E-state index in [0.717, 1.165) is 10.9 Å². The van der Waals surface area contributed by atoms with E-state index in [1.807, 2.05) is 6.92 Å². The number of nitrogens with two attached hydrogens (primary N) is 1. The van der Waals surface area contributed by atoms with Crippen molar-refractivity contribution in [3.8, 4) is 0 Å². The molecule has 96 valence electrons. The number of hydrogen-bond acceptors (Lipinski definition) is 2. The number of halogens is 1. The van der Waals surface area contributed by atoms with E-state index in [4.69, 9.17) is 5.73 Å². The molecule has 1 unspecified atom stereocenters. The molecule has 1 aromatic carbocycles. The van der Waals surface area contributed by atoms with E-state index in [0.29, 0.717) is 12.1 Å². The number of nitrogens with one attached hydrogen (secondary N) is 2. The smallest absolute Gasteiger partial charge is 0.224 e. The van der Waals surface area contributed by atoms with Gasteiger partial charge in [-0.2, -0.15) is 0 Å². The van der Waals surface area contributed by atoms with Crippen molar-refractivity contribution in [2.75, 3.05) is 6.54 Å². The highest BCUT2D eigenvalue weighted by molar-refractivity contribution is 5.88. The van der Waals surface area contributed by atoms with Crippen LogP contribution in [0.3, 0.4) is 0 Å². The zero-order valence-electron chi connectivity index (χ0n) is 10.2. The van der Waals surface area contributed by atoms with Crippen LogP contribution < -0.4 is 11.1 Å². The average Bonchev–Trinajstić information content (AvgIpc) is 2.71. The van der Waals surface area contributed by atoms with E-state index in [1.54, 1.807) is 12.3 Å². The fraction of sp³-hybridized carbons (Fsp3) is 0.308. The molecule has 4 nitrogen and oxygen atoms in total. The predicted molar refractivity (Wildman–Crippen MR) is 68.6 cm³/mol. The highest BCUT2D eigenvalue weighted by atomic mass is 19.1. The summed E-state index contributed by atoms with van der Waals surface area (Å²) in [5.41, 5.74) is 6.99. The Balaban J connectivity index is 2.15. The van der Waals surface area contributed by atoms with Crippen molar-refractivity contribution < 1.29 is 9.18 Å². The van der Waals surface area contributed by atoms with Gasteiger partial charge in [0.25, 0.3) is 0 Å². The molecule has 0 saturated heterocycles. The Bertz CT molecular complexity index is 564. The number of H-pyrrole nitrogens is 1. The molecular weight excluding hydrogens is 233 g/mol. The third-order valence-electron chi connectivity index (χ3n) is 2.84. The molecule has 1 amide bonds. The molecule has 0 fully saturated rings. The number of carbonyl (C=O) groups is 1. The molecule has 4 N–H and O–H groups in total. The van der Waals surface area contributed by atoms with E-state index in [-0.39, 0.29) is 24.2 Å². The highest BCUT2D eigenvalue weighted by Crippen LogP contribution is 2.19.